The molecule has 88 valence electrons. The summed E-state index contributed by atoms with van der Waals surface area (Å²) in [5.41, 5.74) is 13.7. The SMILES string of the molecule is Cc1cccc2n(C)c(/C=[NH+]/N=C(N)N)c[n+]12. The van der Waals surface area contributed by atoms with Crippen LogP contribution in [0.25, 0.3) is 5.65 Å². The van der Waals surface area contributed by atoms with Crippen LogP contribution >= 0.6 is 0 Å². The van der Waals surface area contributed by atoms with Crippen molar-refractivity contribution < 1.29 is 9.50 Å². The number of imidazole rings is 1. The van der Waals surface area contributed by atoms with E-state index in [9.17, 15) is 0 Å². The van der Waals surface area contributed by atoms with E-state index in [1.165, 1.54) is 5.69 Å². The van der Waals surface area contributed by atoms with Crippen molar-refractivity contribution in [1.82, 2.24) is 4.57 Å². The summed E-state index contributed by atoms with van der Waals surface area (Å²) in [5.74, 6) is 0.00356. The third-order valence-corrected chi connectivity index (χ3v) is 2.61. The van der Waals surface area contributed by atoms with Crippen molar-refractivity contribution in [3.63, 3.8) is 0 Å². The summed E-state index contributed by atoms with van der Waals surface area (Å²) in [7, 11) is 1.98. The van der Waals surface area contributed by atoms with Crippen LogP contribution in [-0.4, -0.2) is 16.7 Å². The smallest absolute Gasteiger partial charge is 0.286 e. The Kier molecular flexibility index (Phi) is 2.78. The molecule has 0 spiro atoms. The summed E-state index contributed by atoms with van der Waals surface area (Å²) in [6, 6.07) is 6.13. The maximum atomic E-state index is 5.23. The van der Waals surface area contributed by atoms with Crippen LogP contribution in [0.4, 0.5) is 0 Å². The van der Waals surface area contributed by atoms with Gasteiger partial charge in [0.25, 0.3) is 11.6 Å². The van der Waals surface area contributed by atoms with Gasteiger partial charge in [0.15, 0.2) is 0 Å². The largest absolute Gasteiger partial charge is 0.365 e. The van der Waals surface area contributed by atoms with Crippen molar-refractivity contribution in [2.24, 2.45) is 23.6 Å². The normalized spacial score (nSPS) is 11.2. The fourth-order valence-corrected chi connectivity index (χ4v) is 1.71. The highest BCUT2D eigenvalue weighted by molar-refractivity contribution is 5.76. The summed E-state index contributed by atoms with van der Waals surface area (Å²) in [6.07, 6.45) is 3.76. The molecule has 0 aliphatic heterocycles. The number of hydrogen-bond donors (Lipinski definition) is 3. The van der Waals surface area contributed by atoms with Gasteiger partial charge in [-0.15, -0.1) is 0 Å². The molecule has 2 heterocycles. The molecule has 2 aromatic rings. The molecule has 6 nitrogen and oxygen atoms in total. The standard InChI is InChI=1S/C11H15N6/c1-8-4-3-5-10-16(2)9(7-17(8)10)6-14-15-11(12)13/h3-7H,1-2H3,(H4,12,13,15)/q+1/p+1/b14-6+. The van der Waals surface area contributed by atoms with Gasteiger partial charge >= 0.3 is 0 Å². The molecule has 0 atom stereocenters. The molecule has 0 unspecified atom stereocenters. The zero-order chi connectivity index (χ0) is 12.4. The quantitative estimate of drug-likeness (QED) is 0.237. The van der Waals surface area contributed by atoms with Gasteiger partial charge in [0.05, 0.1) is 7.05 Å². The molecule has 0 aliphatic carbocycles. The number of guanidine groups is 1. The Labute approximate surface area is 98.9 Å². The zero-order valence-corrected chi connectivity index (χ0v) is 9.88. The number of pyridine rings is 1. The molecule has 0 saturated carbocycles. The highest BCUT2D eigenvalue weighted by Crippen LogP contribution is 2.02. The Morgan fingerprint density at radius 1 is 1.47 bits per heavy atom. The van der Waals surface area contributed by atoms with Gasteiger partial charge in [0.2, 0.25) is 11.9 Å². The number of fused-ring (bicyclic) bond motifs is 1. The predicted octanol–water partition coefficient (Wildman–Crippen LogP) is -2.24. The topological polar surface area (TPSA) is 87.4 Å². The lowest BCUT2D eigenvalue weighted by molar-refractivity contribution is -0.518. The van der Waals surface area contributed by atoms with Crippen molar-refractivity contribution in [1.29, 1.82) is 0 Å². The first-order valence-corrected chi connectivity index (χ1v) is 5.23. The maximum Gasteiger partial charge on any atom is 0.286 e. The van der Waals surface area contributed by atoms with Crippen LogP contribution < -0.4 is 21.0 Å². The molecule has 0 fully saturated rings. The van der Waals surface area contributed by atoms with Crippen molar-refractivity contribution >= 4 is 17.8 Å². The minimum atomic E-state index is 0.00356. The van der Waals surface area contributed by atoms with E-state index in [1.807, 2.05) is 29.9 Å². The first-order valence-electron chi connectivity index (χ1n) is 5.23. The van der Waals surface area contributed by atoms with E-state index in [4.69, 9.17) is 11.5 Å². The average molecular weight is 232 g/mol. The average Bonchev–Trinajstić information content (AvgIpc) is 2.58. The maximum absolute atomic E-state index is 5.23. The fourth-order valence-electron chi connectivity index (χ4n) is 1.71. The number of nitrogens with zero attached hydrogens (tertiary/aromatic N) is 3. The molecule has 0 aromatic carbocycles. The van der Waals surface area contributed by atoms with E-state index in [1.54, 1.807) is 6.21 Å². The summed E-state index contributed by atoms with van der Waals surface area (Å²) in [4.78, 5) is 0. The number of nitrogens with one attached hydrogen (secondary N) is 1. The minimum absolute atomic E-state index is 0.00356. The number of aryl methyl sites for hydroxylation is 2. The summed E-state index contributed by atoms with van der Waals surface area (Å²) < 4.78 is 4.14. The van der Waals surface area contributed by atoms with Crippen molar-refractivity contribution in [2.45, 2.75) is 6.92 Å². The summed E-state index contributed by atoms with van der Waals surface area (Å²) in [6.45, 7) is 2.06. The van der Waals surface area contributed by atoms with Crippen LogP contribution in [0.15, 0.2) is 29.5 Å². The molecular weight excluding hydrogens is 216 g/mol. The number of aromatic nitrogens is 2. The van der Waals surface area contributed by atoms with Crippen LogP contribution in [0.3, 0.4) is 0 Å². The van der Waals surface area contributed by atoms with Crippen LogP contribution in [0.2, 0.25) is 0 Å². The third-order valence-electron chi connectivity index (χ3n) is 2.61. The molecule has 0 saturated heterocycles. The second-order valence-electron chi connectivity index (χ2n) is 3.82. The number of hydrogen-bond acceptors (Lipinski definition) is 1. The van der Waals surface area contributed by atoms with E-state index in [2.05, 4.69) is 27.6 Å². The third kappa shape index (κ3) is 2.10. The Balaban J connectivity index is 2.49. The first kappa shape index (κ1) is 11.1. The number of hydrazone groups is 1. The van der Waals surface area contributed by atoms with E-state index in [0.29, 0.717) is 0 Å². The lowest BCUT2D eigenvalue weighted by Gasteiger charge is -1.90. The molecule has 0 aliphatic rings. The zero-order valence-electron chi connectivity index (χ0n) is 9.88. The van der Waals surface area contributed by atoms with Crippen molar-refractivity contribution in [2.75, 3.05) is 0 Å². The fraction of sp³-hybridized carbons (Fsp3) is 0.182. The summed E-state index contributed by atoms with van der Waals surface area (Å²) >= 11 is 0. The second kappa shape index (κ2) is 4.25. The lowest BCUT2D eigenvalue weighted by atomic mass is 10.4. The Morgan fingerprint density at radius 2 is 2.24 bits per heavy atom. The van der Waals surface area contributed by atoms with Crippen LogP contribution in [0, 0.1) is 6.92 Å². The first-order chi connectivity index (χ1) is 8.09. The minimum Gasteiger partial charge on any atom is -0.365 e. The van der Waals surface area contributed by atoms with E-state index >= 15 is 0 Å². The van der Waals surface area contributed by atoms with Gasteiger partial charge in [0.1, 0.15) is 11.9 Å². The molecule has 2 rings (SSSR count). The number of nitrogens with two attached hydrogens (primary N) is 2. The van der Waals surface area contributed by atoms with E-state index in [0.717, 1.165) is 11.3 Å². The molecule has 2 aromatic heterocycles. The highest BCUT2D eigenvalue weighted by atomic mass is 15.3. The highest BCUT2D eigenvalue weighted by Gasteiger charge is 2.15. The van der Waals surface area contributed by atoms with E-state index in [-0.39, 0.29) is 5.96 Å². The molecule has 5 N–H and O–H groups in total. The molecule has 0 radical (unpaired) electrons. The van der Waals surface area contributed by atoms with Crippen LogP contribution in [-0.2, 0) is 7.05 Å². The molecule has 0 bridgehead atoms. The lowest BCUT2D eigenvalue weighted by Crippen LogP contribution is -2.64. The molecule has 0 amide bonds. The second-order valence-corrected chi connectivity index (χ2v) is 3.82. The van der Waals surface area contributed by atoms with Gasteiger partial charge in [-0.1, -0.05) is 11.2 Å². The van der Waals surface area contributed by atoms with Gasteiger partial charge in [-0.2, -0.15) is 4.40 Å². The Hall–Kier alpha value is -2.37. The van der Waals surface area contributed by atoms with Gasteiger partial charge in [-0.3, -0.25) is 0 Å². The Morgan fingerprint density at radius 3 is 2.88 bits per heavy atom. The van der Waals surface area contributed by atoms with Crippen LogP contribution in [0.5, 0.6) is 0 Å². The molecule has 6 heteroatoms. The van der Waals surface area contributed by atoms with Gasteiger partial charge in [-0.25, -0.2) is 4.57 Å². The van der Waals surface area contributed by atoms with Crippen molar-refractivity contribution in [3.8, 4) is 0 Å². The molecule has 17 heavy (non-hydrogen) atoms. The van der Waals surface area contributed by atoms with E-state index < -0.39 is 0 Å². The monoisotopic (exact) mass is 232 g/mol. The van der Waals surface area contributed by atoms with Gasteiger partial charge in [-0.05, 0) is 13.0 Å². The van der Waals surface area contributed by atoms with Crippen molar-refractivity contribution in [3.05, 3.63) is 35.8 Å². The summed E-state index contributed by atoms with van der Waals surface area (Å²) in [5, 5.41) is 6.40. The molecular formula is C11H16N6+2. The predicted molar refractivity (Wildman–Crippen MR) is 65.2 cm³/mol. The Bertz CT molecular complexity index is 604. The van der Waals surface area contributed by atoms with Crippen LogP contribution in [0.1, 0.15) is 11.4 Å². The van der Waals surface area contributed by atoms with Gasteiger partial charge in [0, 0.05) is 11.2 Å². The van der Waals surface area contributed by atoms with Gasteiger partial charge < -0.3 is 11.5 Å². The number of rotatable bonds is 2.